The normalized spacial score (nSPS) is 12.0. The molecule has 0 aliphatic rings. The molecule has 0 spiro atoms. The Kier molecular flexibility index (Phi) is 11.5. The van der Waals surface area contributed by atoms with E-state index in [1.54, 1.807) is 26.2 Å². The smallest absolute Gasteiger partial charge is 0.294 e. The maximum Gasteiger partial charge on any atom is 0.294 e. The highest BCUT2D eigenvalue weighted by atomic mass is 32.2. The molecule has 0 bridgehead atoms. The van der Waals surface area contributed by atoms with Gasteiger partial charge in [0.25, 0.3) is 10.1 Å². The molecule has 47 heavy (non-hydrogen) atoms. The minimum absolute atomic E-state index is 0.0189. The predicted molar refractivity (Wildman–Crippen MR) is 180 cm³/mol. The van der Waals surface area contributed by atoms with E-state index in [4.69, 9.17) is 4.74 Å². The minimum atomic E-state index is -4.32. The number of rotatable bonds is 15. The topological polar surface area (TPSA) is 208 Å². The van der Waals surface area contributed by atoms with Crippen molar-refractivity contribution in [3.63, 3.8) is 0 Å². The zero-order valence-corrected chi connectivity index (χ0v) is 27.2. The molecule has 0 aliphatic carbocycles. The van der Waals surface area contributed by atoms with Crippen LogP contribution in [0.3, 0.4) is 0 Å². The van der Waals surface area contributed by atoms with Gasteiger partial charge < -0.3 is 15.4 Å². The number of ether oxygens (including phenoxy) is 1. The Morgan fingerprint density at radius 1 is 0.915 bits per heavy atom. The van der Waals surface area contributed by atoms with Crippen molar-refractivity contribution >= 4 is 65.1 Å². The fourth-order valence-electron chi connectivity index (χ4n) is 4.36. The van der Waals surface area contributed by atoms with E-state index in [2.05, 4.69) is 48.7 Å². The number of fused-ring (bicyclic) bond motifs is 1. The van der Waals surface area contributed by atoms with Crippen LogP contribution in [0.2, 0.25) is 0 Å². The standard InChI is InChI=1S/C31H32N8O6S2/c1-4-46(40,41)19-17-34-30-26(20-32)21(2)29(31(35-30)33-16-7-18-45-3)39-38-28-15-14-27(24-8-5-6-9-25(24)28)37-36-22-10-12-23(13-11-22)47(42,43)44/h4-6,8-15H,1,7,16-19H2,2-3H3,(H2,33,34,35)(H,42,43,44)/b37-36+,39-38+. The number of azo groups is 2. The molecule has 3 aromatic carbocycles. The second kappa shape index (κ2) is 15.5. The highest BCUT2D eigenvalue weighted by Gasteiger charge is 2.18. The van der Waals surface area contributed by atoms with E-state index < -0.39 is 20.0 Å². The zero-order chi connectivity index (χ0) is 34.0. The third-order valence-electron chi connectivity index (χ3n) is 6.82. The molecule has 0 atom stereocenters. The molecule has 4 aromatic rings. The predicted octanol–water partition coefficient (Wildman–Crippen LogP) is 6.91. The summed E-state index contributed by atoms with van der Waals surface area (Å²) in [6.07, 6.45) is 0.666. The highest BCUT2D eigenvalue weighted by Crippen LogP contribution is 2.38. The molecule has 16 heteroatoms. The third-order valence-corrected chi connectivity index (χ3v) is 8.97. The van der Waals surface area contributed by atoms with Crippen LogP contribution in [-0.4, -0.2) is 58.9 Å². The van der Waals surface area contributed by atoms with Crippen LogP contribution >= 0.6 is 0 Å². The molecule has 0 amide bonds. The number of methoxy groups -OCH3 is 1. The maximum atomic E-state index is 11.9. The molecular weight excluding hydrogens is 645 g/mol. The molecule has 0 fully saturated rings. The van der Waals surface area contributed by atoms with Gasteiger partial charge in [-0.2, -0.15) is 18.8 Å². The monoisotopic (exact) mass is 676 g/mol. The summed E-state index contributed by atoms with van der Waals surface area (Å²) in [5.74, 6) is 0.346. The average molecular weight is 677 g/mol. The van der Waals surface area contributed by atoms with Gasteiger partial charge in [0.1, 0.15) is 17.6 Å². The van der Waals surface area contributed by atoms with E-state index in [9.17, 15) is 26.7 Å². The number of hydrogen-bond acceptors (Lipinski definition) is 13. The zero-order valence-electron chi connectivity index (χ0n) is 25.6. The van der Waals surface area contributed by atoms with Gasteiger partial charge in [0, 0.05) is 48.6 Å². The van der Waals surface area contributed by atoms with Gasteiger partial charge in [0.15, 0.2) is 15.7 Å². The van der Waals surface area contributed by atoms with E-state index in [0.717, 1.165) is 16.2 Å². The van der Waals surface area contributed by atoms with Crippen molar-refractivity contribution in [1.82, 2.24) is 4.98 Å². The first-order chi connectivity index (χ1) is 22.5. The fourth-order valence-corrected chi connectivity index (χ4v) is 5.40. The van der Waals surface area contributed by atoms with Gasteiger partial charge in [-0.1, -0.05) is 30.8 Å². The second-order valence-electron chi connectivity index (χ2n) is 10.0. The molecule has 4 rings (SSSR count). The highest BCUT2D eigenvalue weighted by molar-refractivity contribution is 7.94. The quantitative estimate of drug-likeness (QED) is 0.0673. The Morgan fingerprint density at radius 2 is 1.53 bits per heavy atom. The summed E-state index contributed by atoms with van der Waals surface area (Å²) in [5.41, 5.74) is 2.44. The number of nitrogens with zero attached hydrogens (tertiary/aromatic N) is 6. The van der Waals surface area contributed by atoms with Gasteiger partial charge in [-0.3, -0.25) is 4.55 Å². The van der Waals surface area contributed by atoms with Crippen LogP contribution in [0.25, 0.3) is 10.8 Å². The van der Waals surface area contributed by atoms with Crippen molar-refractivity contribution in [1.29, 1.82) is 5.26 Å². The van der Waals surface area contributed by atoms with Crippen molar-refractivity contribution in [2.45, 2.75) is 18.2 Å². The van der Waals surface area contributed by atoms with E-state index >= 15 is 0 Å². The first-order valence-corrected chi connectivity index (χ1v) is 17.3. The molecule has 1 aromatic heterocycles. The first kappa shape index (κ1) is 34.8. The largest absolute Gasteiger partial charge is 0.385 e. The number of nitrogens with one attached hydrogen (secondary N) is 2. The number of aromatic nitrogens is 1. The molecule has 0 aliphatic heterocycles. The van der Waals surface area contributed by atoms with Gasteiger partial charge in [-0.15, -0.1) is 15.3 Å². The van der Waals surface area contributed by atoms with E-state index in [0.29, 0.717) is 53.7 Å². The molecule has 1 heterocycles. The first-order valence-electron chi connectivity index (χ1n) is 14.2. The Hall–Kier alpha value is -5.08. The average Bonchev–Trinajstić information content (AvgIpc) is 3.05. The van der Waals surface area contributed by atoms with Crippen molar-refractivity contribution in [3.05, 3.63) is 83.8 Å². The lowest BCUT2D eigenvalue weighted by Gasteiger charge is -2.15. The van der Waals surface area contributed by atoms with Crippen molar-refractivity contribution in [2.24, 2.45) is 20.5 Å². The maximum absolute atomic E-state index is 11.9. The number of sulfone groups is 1. The van der Waals surface area contributed by atoms with Gasteiger partial charge in [-0.05, 0) is 49.7 Å². The van der Waals surface area contributed by atoms with Crippen LogP contribution in [0.15, 0.2) is 98.0 Å². The minimum Gasteiger partial charge on any atom is -0.385 e. The van der Waals surface area contributed by atoms with Crippen LogP contribution in [0.4, 0.5) is 34.4 Å². The van der Waals surface area contributed by atoms with Crippen LogP contribution < -0.4 is 10.6 Å². The van der Waals surface area contributed by atoms with Crippen LogP contribution in [-0.2, 0) is 24.7 Å². The molecular formula is C31H32N8O6S2. The van der Waals surface area contributed by atoms with Crippen molar-refractivity contribution in [2.75, 3.05) is 43.2 Å². The van der Waals surface area contributed by atoms with Gasteiger partial charge >= 0.3 is 0 Å². The lowest BCUT2D eigenvalue weighted by atomic mass is 10.1. The number of nitriles is 1. The lowest BCUT2D eigenvalue weighted by molar-refractivity contribution is 0.198. The molecule has 14 nitrogen and oxygen atoms in total. The molecule has 0 radical (unpaired) electrons. The van der Waals surface area contributed by atoms with Crippen LogP contribution in [0.1, 0.15) is 17.5 Å². The molecule has 3 N–H and O–H groups in total. The summed E-state index contributed by atoms with van der Waals surface area (Å²) in [5, 5.41) is 36.0. The number of pyridine rings is 1. The Bertz CT molecular complexity index is 2090. The third kappa shape index (κ3) is 9.01. The summed E-state index contributed by atoms with van der Waals surface area (Å²) in [7, 11) is -6.18. The van der Waals surface area contributed by atoms with Gasteiger partial charge in [-0.25, -0.2) is 13.4 Å². The number of anilines is 2. The summed E-state index contributed by atoms with van der Waals surface area (Å²) >= 11 is 0. The summed E-state index contributed by atoms with van der Waals surface area (Å²) < 4.78 is 60.7. The summed E-state index contributed by atoms with van der Waals surface area (Å²) in [4.78, 5) is 4.33. The van der Waals surface area contributed by atoms with Gasteiger partial charge in [0.2, 0.25) is 0 Å². The Labute approximate surface area is 272 Å². The molecule has 0 saturated carbocycles. The molecule has 244 valence electrons. The number of benzene rings is 3. The van der Waals surface area contributed by atoms with Crippen LogP contribution in [0, 0.1) is 18.3 Å². The molecule has 0 unspecified atom stereocenters. The Morgan fingerprint density at radius 3 is 2.11 bits per heavy atom. The van der Waals surface area contributed by atoms with E-state index in [1.165, 1.54) is 24.3 Å². The van der Waals surface area contributed by atoms with Gasteiger partial charge in [0.05, 0.1) is 33.3 Å². The lowest BCUT2D eigenvalue weighted by Crippen LogP contribution is -2.16. The van der Waals surface area contributed by atoms with E-state index in [-0.39, 0.29) is 28.6 Å². The van der Waals surface area contributed by atoms with E-state index in [1.807, 2.05) is 24.3 Å². The molecule has 0 saturated heterocycles. The van der Waals surface area contributed by atoms with Crippen molar-refractivity contribution < 1.29 is 26.1 Å². The second-order valence-corrected chi connectivity index (χ2v) is 13.5. The fraction of sp³-hybridized carbons (Fsp3) is 0.226. The summed E-state index contributed by atoms with van der Waals surface area (Å²) in [6, 6.07) is 18.3. The number of hydrogen-bond donors (Lipinski definition) is 3. The Balaban J connectivity index is 1.69. The SMILES string of the molecule is C=CS(=O)(=O)CCNc1nc(NCCCOC)c(/N=N/c2ccc(/N=N/c3ccc(S(=O)(=O)O)cc3)c3ccccc23)c(C)c1C#N. The van der Waals surface area contributed by atoms with Crippen molar-refractivity contribution in [3.8, 4) is 6.07 Å². The van der Waals surface area contributed by atoms with Crippen LogP contribution in [0.5, 0.6) is 0 Å². The summed E-state index contributed by atoms with van der Waals surface area (Å²) in [6.45, 7) is 6.05.